The zero-order valence-corrected chi connectivity index (χ0v) is 8.46. The second-order valence-corrected chi connectivity index (χ2v) is 4.57. The molecule has 0 bridgehead atoms. The molecule has 0 aromatic rings. The van der Waals surface area contributed by atoms with Crippen LogP contribution in [0, 0.1) is 10.8 Å². The van der Waals surface area contributed by atoms with Gasteiger partial charge < -0.3 is 10.2 Å². The van der Waals surface area contributed by atoms with Crippen molar-refractivity contribution in [3.05, 3.63) is 0 Å². The van der Waals surface area contributed by atoms with Gasteiger partial charge in [-0.05, 0) is 12.8 Å². The highest BCUT2D eigenvalue weighted by Gasteiger charge is 2.63. The molecular weight excluding hydrogens is 152 g/mol. The summed E-state index contributed by atoms with van der Waals surface area (Å²) in [5.74, 6) is 0. The van der Waals surface area contributed by atoms with Crippen molar-refractivity contribution in [1.29, 1.82) is 0 Å². The Bertz CT molecular complexity index is 157. The molecule has 1 aliphatic carbocycles. The van der Waals surface area contributed by atoms with E-state index in [1.165, 1.54) is 0 Å². The first-order chi connectivity index (χ1) is 5.43. The fourth-order valence-corrected chi connectivity index (χ4v) is 2.71. The van der Waals surface area contributed by atoms with Crippen molar-refractivity contribution in [3.8, 4) is 0 Å². The molecule has 0 radical (unpaired) electrons. The summed E-state index contributed by atoms with van der Waals surface area (Å²) in [6, 6.07) is 0. The van der Waals surface area contributed by atoms with Gasteiger partial charge in [-0.3, -0.25) is 0 Å². The third-order valence-corrected chi connectivity index (χ3v) is 3.82. The Balaban J connectivity index is 2.84. The minimum atomic E-state index is -0.352. The van der Waals surface area contributed by atoms with Gasteiger partial charge in [0.1, 0.15) is 0 Å². The Kier molecular flexibility index (Phi) is 2.26. The molecule has 0 aliphatic heterocycles. The van der Waals surface area contributed by atoms with E-state index in [9.17, 15) is 10.2 Å². The van der Waals surface area contributed by atoms with Gasteiger partial charge in [-0.25, -0.2) is 0 Å². The normalized spacial score (nSPS) is 37.5. The number of aliphatic hydroxyl groups is 2. The first-order valence-electron chi connectivity index (χ1n) is 4.79. The van der Waals surface area contributed by atoms with Gasteiger partial charge in [-0.1, -0.05) is 27.7 Å². The number of aliphatic hydroxyl groups excluding tert-OH is 2. The van der Waals surface area contributed by atoms with Crippen LogP contribution >= 0.6 is 0 Å². The molecule has 0 amide bonds. The first kappa shape index (κ1) is 10.0. The van der Waals surface area contributed by atoms with E-state index in [0.717, 1.165) is 12.8 Å². The maximum absolute atomic E-state index is 9.90. The minimum absolute atomic E-state index is 0.233. The molecule has 0 aromatic carbocycles. The summed E-state index contributed by atoms with van der Waals surface area (Å²) in [5.41, 5.74) is -0.546. The molecule has 0 spiro atoms. The third kappa shape index (κ3) is 0.882. The summed E-state index contributed by atoms with van der Waals surface area (Å²) in [4.78, 5) is 0. The van der Waals surface area contributed by atoms with Crippen molar-refractivity contribution in [1.82, 2.24) is 0 Å². The van der Waals surface area contributed by atoms with Gasteiger partial charge in [0.15, 0.2) is 0 Å². The molecule has 2 atom stereocenters. The van der Waals surface area contributed by atoms with Crippen LogP contribution in [0.25, 0.3) is 0 Å². The van der Waals surface area contributed by atoms with Gasteiger partial charge in [-0.15, -0.1) is 0 Å². The fraction of sp³-hybridized carbons (Fsp3) is 1.00. The van der Waals surface area contributed by atoms with E-state index >= 15 is 0 Å². The van der Waals surface area contributed by atoms with Crippen LogP contribution in [0.3, 0.4) is 0 Å². The van der Waals surface area contributed by atoms with Gasteiger partial charge in [0.2, 0.25) is 0 Å². The van der Waals surface area contributed by atoms with Crippen molar-refractivity contribution in [2.45, 2.75) is 52.7 Å². The zero-order valence-electron chi connectivity index (χ0n) is 8.46. The van der Waals surface area contributed by atoms with Crippen LogP contribution in [-0.4, -0.2) is 22.4 Å². The molecule has 0 aromatic heterocycles. The van der Waals surface area contributed by atoms with Crippen LogP contribution in [0.4, 0.5) is 0 Å². The largest absolute Gasteiger partial charge is 0.392 e. The second kappa shape index (κ2) is 2.71. The van der Waals surface area contributed by atoms with Crippen LogP contribution in [0.1, 0.15) is 40.5 Å². The van der Waals surface area contributed by atoms with Gasteiger partial charge in [0.05, 0.1) is 12.2 Å². The van der Waals surface area contributed by atoms with Crippen molar-refractivity contribution >= 4 is 0 Å². The van der Waals surface area contributed by atoms with Gasteiger partial charge in [-0.2, -0.15) is 0 Å². The van der Waals surface area contributed by atoms with Crippen molar-refractivity contribution in [2.24, 2.45) is 10.8 Å². The SMILES string of the molecule is CCC1(CC)C(O)C(C)(C)C1O. The summed E-state index contributed by atoms with van der Waals surface area (Å²) in [5, 5.41) is 19.8. The lowest BCUT2D eigenvalue weighted by molar-refractivity contribution is -0.265. The molecule has 2 nitrogen and oxygen atoms in total. The summed E-state index contributed by atoms with van der Waals surface area (Å²) in [7, 11) is 0. The number of hydrogen-bond acceptors (Lipinski definition) is 2. The Hall–Kier alpha value is -0.0800. The van der Waals surface area contributed by atoms with E-state index in [2.05, 4.69) is 0 Å². The molecule has 12 heavy (non-hydrogen) atoms. The van der Waals surface area contributed by atoms with Crippen molar-refractivity contribution < 1.29 is 10.2 Å². The first-order valence-corrected chi connectivity index (χ1v) is 4.79. The molecule has 72 valence electrons. The topological polar surface area (TPSA) is 40.5 Å². The predicted molar refractivity (Wildman–Crippen MR) is 48.8 cm³/mol. The summed E-state index contributed by atoms with van der Waals surface area (Å²) >= 11 is 0. The molecule has 1 rings (SSSR count). The van der Waals surface area contributed by atoms with Gasteiger partial charge >= 0.3 is 0 Å². The quantitative estimate of drug-likeness (QED) is 0.663. The van der Waals surface area contributed by atoms with Crippen molar-refractivity contribution in [2.75, 3.05) is 0 Å². The van der Waals surface area contributed by atoms with E-state index in [1.54, 1.807) is 0 Å². The van der Waals surface area contributed by atoms with Crippen LogP contribution in [0.2, 0.25) is 0 Å². The monoisotopic (exact) mass is 172 g/mol. The smallest absolute Gasteiger partial charge is 0.0696 e. The molecular formula is C10H20O2. The maximum atomic E-state index is 9.90. The summed E-state index contributed by atoms with van der Waals surface area (Å²) in [6.45, 7) is 7.91. The van der Waals surface area contributed by atoms with Crippen molar-refractivity contribution in [3.63, 3.8) is 0 Å². The Morgan fingerprint density at radius 1 is 1.00 bits per heavy atom. The second-order valence-electron chi connectivity index (χ2n) is 4.57. The predicted octanol–water partition coefficient (Wildman–Crippen LogP) is 1.55. The van der Waals surface area contributed by atoms with E-state index < -0.39 is 0 Å². The average molecular weight is 172 g/mol. The maximum Gasteiger partial charge on any atom is 0.0696 e. The molecule has 2 N–H and O–H groups in total. The highest BCUT2D eigenvalue weighted by atomic mass is 16.3. The van der Waals surface area contributed by atoms with Gasteiger partial charge in [0.25, 0.3) is 0 Å². The lowest BCUT2D eigenvalue weighted by Crippen LogP contribution is -2.69. The molecule has 1 aliphatic rings. The summed E-state index contributed by atoms with van der Waals surface area (Å²) < 4.78 is 0. The molecule has 1 fully saturated rings. The molecule has 2 unspecified atom stereocenters. The number of hydrogen-bond donors (Lipinski definition) is 2. The van der Waals surface area contributed by atoms with E-state index in [4.69, 9.17) is 0 Å². The molecule has 0 heterocycles. The standard InChI is InChI=1S/C10H20O2/c1-5-10(6-2)7(11)9(3,4)8(10)12/h7-8,11-12H,5-6H2,1-4H3. The zero-order chi connectivity index (χ0) is 9.57. The summed E-state index contributed by atoms with van der Waals surface area (Å²) in [6.07, 6.45) is 1.01. The van der Waals surface area contributed by atoms with Crippen LogP contribution in [0.15, 0.2) is 0 Å². The third-order valence-electron chi connectivity index (χ3n) is 3.82. The Morgan fingerprint density at radius 3 is 1.50 bits per heavy atom. The highest BCUT2D eigenvalue weighted by Crippen LogP contribution is 2.57. The van der Waals surface area contributed by atoms with E-state index in [-0.39, 0.29) is 23.0 Å². The van der Waals surface area contributed by atoms with E-state index in [0.29, 0.717) is 0 Å². The highest BCUT2D eigenvalue weighted by molar-refractivity contribution is 5.13. The number of rotatable bonds is 2. The lowest BCUT2D eigenvalue weighted by Gasteiger charge is -2.62. The molecule has 1 saturated carbocycles. The average Bonchev–Trinajstić information content (AvgIpc) is 2.07. The molecule has 2 heteroatoms. The van der Waals surface area contributed by atoms with Gasteiger partial charge in [0, 0.05) is 10.8 Å². The van der Waals surface area contributed by atoms with E-state index in [1.807, 2.05) is 27.7 Å². The fourth-order valence-electron chi connectivity index (χ4n) is 2.71. The Morgan fingerprint density at radius 2 is 1.33 bits per heavy atom. The Labute approximate surface area is 74.6 Å². The van der Waals surface area contributed by atoms with Crippen LogP contribution in [0.5, 0.6) is 0 Å². The minimum Gasteiger partial charge on any atom is -0.392 e. The van der Waals surface area contributed by atoms with Crippen LogP contribution in [-0.2, 0) is 0 Å². The molecule has 0 saturated heterocycles. The lowest BCUT2D eigenvalue weighted by atomic mass is 9.47. The van der Waals surface area contributed by atoms with Crippen LogP contribution < -0.4 is 0 Å².